The molecule has 0 bridgehead atoms. The molecule has 5 heterocycles. The number of nitrogen functional groups attached to an aromatic ring is 1. The van der Waals surface area contributed by atoms with E-state index in [0.717, 1.165) is 18.8 Å². The van der Waals surface area contributed by atoms with Crippen molar-refractivity contribution in [2.75, 3.05) is 81.1 Å². The Morgan fingerprint density at radius 2 is 1.67 bits per heavy atom. The molecular formula is C25H37F2N10O2+. The molecular weight excluding hydrogens is 510 g/mol. The van der Waals surface area contributed by atoms with Gasteiger partial charge in [-0.15, -0.1) is 0 Å². The molecule has 212 valence electrons. The number of piperidine rings is 1. The fraction of sp³-hybridized carbons (Fsp3) is 0.680. The number of carbonyl (C=O) groups excluding carboxylic acids is 1. The Balaban J connectivity index is 1.29. The highest BCUT2D eigenvalue weighted by Gasteiger charge is 2.27. The number of quaternary nitrogens is 1. The van der Waals surface area contributed by atoms with Crippen molar-refractivity contribution < 1.29 is 23.6 Å². The van der Waals surface area contributed by atoms with Crippen molar-refractivity contribution in [3.8, 4) is 11.4 Å². The maximum absolute atomic E-state index is 13.8. The van der Waals surface area contributed by atoms with Crippen LogP contribution in [0, 0.1) is 5.92 Å². The summed E-state index contributed by atoms with van der Waals surface area (Å²) in [6.45, 7) is 6.76. The number of ether oxygens (including phenoxy) is 1. The van der Waals surface area contributed by atoms with Crippen LogP contribution in [0.4, 0.5) is 26.6 Å². The normalized spacial score (nSPS) is 19.1. The average molecular weight is 548 g/mol. The molecule has 0 aromatic carbocycles. The van der Waals surface area contributed by atoms with Gasteiger partial charge in [0.25, 0.3) is 6.43 Å². The predicted octanol–water partition coefficient (Wildman–Crippen LogP) is 0.477. The maximum Gasteiger partial charge on any atom is 0.281 e. The molecule has 0 aliphatic carbocycles. The van der Waals surface area contributed by atoms with Crippen LogP contribution in [-0.2, 0) is 9.53 Å². The Morgan fingerprint density at radius 3 is 2.33 bits per heavy atom. The van der Waals surface area contributed by atoms with Crippen molar-refractivity contribution in [3.63, 3.8) is 0 Å². The number of piperazine rings is 1. The molecule has 1 amide bonds. The molecule has 4 N–H and O–H groups in total. The van der Waals surface area contributed by atoms with Gasteiger partial charge in [-0.2, -0.15) is 15.0 Å². The molecule has 3 aliphatic rings. The second kappa shape index (κ2) is 12.7. The lowest BCUT2D eigenvalue weighted by Gasteiger charge is -2.35. The number of morpholine rings is 1. The summed E-state index contributed by atoms with van der Waals surface area (Å²) < 4.78 is 33.1. The number of aromatic nitrogens is 5. The van der Waals surface area contributed by atoms with Crippen molar-refractivity contribution in [1.82, 2.24) is 29.8 Å². The standard InChI is InChI=1S/C25H36F2N10O2/c26-21(27)20-18(16-30-23(28)31-20)22-32-24(34-25(33-22)37-12-14-39-15-13-37)36-10-8-35(9-11-36)19(38)3-1-2-17-4-6-29-7-5-17/h16-17,21,29H,1-15H2,(H2,28,30,31)/p+1. The minimum Gasteiger partial charge on any atom is -0.378 e. The minimum absolute atomic E-state index is 0.0158. The molecule has 3 fully saturated rings. The van der Waals surface area contributed by atoms with E-state index < -0.39 is 12.1 Å². The quantitative estimate of drug-likeness (QED) is 0.479. The number of anilines is 3. The van der Waals surface area contributed by atoms with Gasteiger partial charge in [0.2, 0.25) is 23.8 Å². The van der Waals surface area contributed by atoms with Crippen LogP contribution in [0.2, 0.25) is 0 Å². The highest BCUT2D eigenvalue weighted by Crippen LogP contribution is 2.30. The third-order valence-corrected chi connectivity index (χ3v) is 7.67. The number of rotatable bonds is 8. The molecule has 12 nitrogen and oxygen atoms in total. The number of nitrogens with two attached hydrogens (primary N) is 2. The molecule has 0 spiro atoms. The van der Waals surface area contributed by atoms with E-state index in [0.29, 0.717) is 70.8 Å². The van der Waals surface area contributed by atoms with Crippen molar-refractivity contribution in [2.45, 2.75) is 38.5 Å². The van der Waals surface area contributed by atoms with Crippen LogP contribution >= 0.6 is 0 Å². The van der Waals surface area contributed by atoms with Crippen LogP contribution < -0.4 is 20.9 Å². The zero-order chi connectivity index (χ0) is 27.2. The molecule has 2 aromatic rings. The zero-order valence-electron chi connectivity index (χ0n) is 22.1. The molecule has 0 radical (unpaired) electrons. The van der Waals surface area contributed by atoms with Gasteiger partial charge in [-0.05, 0) is 31.6 Å². The van der Waals surface area contributed by atoms with Crippen LogP contribution in [0.15, 0.2) is 6.20 Å². The lowest BCUT2D eigenvalue weighted by molar-refractivity contribution is -0.664. The van der Waals surface area contributed by atoms with Crippen molar-refractivity contribution in [1.29, 1.82) is 0 Å². The Kier molecular flexibility index (Phi) is 8.91. The number of amides is 1. The van der Waals surface area contributed by atoms with E-state index in [4.69, 9.17) is 10.5 Å². The van der Waals surface area contributed by atoms with Crippen molar-refractivity contribution in [2.24, 2.45) is 5.92 Å². The van der Waals surface area contributed by atoms with Gasteiger partial charge in [0, 0.05) is 51.9 Å². The van der Waals surface area contributed by atoms with Gasteiger partial charge < -0.3 is 30.5 Å². The molecule has 3 saturated heterocycles. The Bertz CT molecular complexity index is 1120. The summed E-state index contributed by atoms with van der Waals surface area (Å²) in [5, 5.41) is 2.36. The first-order chi connectivity index (χ1) is 19.0. The monoisotopic (exact) mass is 547 g/mol. The molecule has 5 rings (SSSR count). The Hall–Kier alpha value is -3.26. The lowest BCUT2D eigenvalue weighted by atomic mass is 9.92. The summed E-state index contributed by atoms with van der Waals surface area (Å²) in [5.74, 6) is 1.51. The lowest BCUT2D eigenvalue weighted by Crippen LogP contribution is -2.86. The van der Waals surface area contributed by atoms with Gasteiger partial charge in [-0.25, -0.2) is 18.7 Å². The van der Waals surface area contributed by atoms with Gasteiger partial charge in [0.05, 0.1) is 31.9 Å². The molecule has 0 atom stereocenters. The summed E-state index contributed by atoms with van der Waals surface area (Å²) in [6.07, 6.45) is 3.47. The first-order valence-electron chi connectivity index (χ1n) is 13.8. The summed E-state index contributed by atoms with van der Waals surface area (Å²) >= 11 is 0. The van der Waals surface area contributed by atoms with Crippen LogP contribution in [0.3, 0.4) is 0 Å². The number of carbonyl (C=O) groups is 1. The van der Waals surface area contributed by atoms with Crippen molar-refractivity contribution in [3.05, 3.63) is 11.9 Å². The molecule has 0 unspecified atom stereocenters. The summed E-state index contributed by atoms with van der Waals surface area (Å²) in [5.41, 5.74) is 5.07. The van der Waals surface area contributed by atoms with Crippen LogP contribution in [-0.4, -0.2) is 101 Å². The highest BCUT2D eigenvalue weighted by molar-refractivity contribution is 5.76. The Labute approximate surface area is 226 Å². The minimum atomic E-state index is -2.87. The van der Waals surface area contributed by atoms with Crippen LogP contribution in [0.25, 0.3) is 11.4 Å². The van der Waals surface area contributed by atoms with Gasteiger partial charge in [-0.1, -0.05) is 0 Å². The second-order valence-corrected chi connectivity index (χ2v) is 10.3. The average Bonchev–Trinajstić information content (AvgIpc) is 2.98. The molecule has 3 aliphatic heterocycles. The second-order valence-electron chi connectivity index (χ2n) is 10.3. The van der Waals surface area contributed by atoms with Crippen LogP contribution in [0.5, 0.6) is 0 Å². The van der Waals surface area contributed by atoms with E-state index in [1.165, 1.54) is 32.1 Å². The van der Waals surface area contributed by atoms with Crippen molar-refractivity contribution >= 4 is 23.8 Å². The largest absolute Gasteiger partial charge is 0.378 e. The third kappa shape index (κ3) is 6.85. The SMILES string of the molecule is Nc1ncc(-c2nc(N3CCOCC3)nc(N3CCN(C(=O)CCCC4CC[NH2+]CC4)CC3)n2)c(C(F)F)n1. The molecule has 39 heavy (non-hydrogen) atoms. The predicted molar refractivity (Wildman–Crippen MR) is 140 cm³/mol. The molecule has 2 aromatic heterocycles. The molecule has 14 heteroatoms. The summed E-state index contributed by atoms with van der Waals surface area (Å²) in [4.78, 5) is 40.1. The van der Waals surface area contributed by atoms with Gasteiger partial charge >= 0.3 is 0 Å². The summed E-state index contributed by atoms with van der Waals surface area (Å²) in [7, 11) is 0. The number of halogens is 2. The maximum atomic E-state index is 13.8. The van der Waals surface area contributed by atoms with Gasteiger partial charge in [-0.3, -0.25) is 4.79 Å². The van der Waals surface area contributed by atoms with Crippen LogP contribution in [0.1, 0.15) is 44.2 Å². The number of hydrogen-bond donors (Lipinski definition) is 2. The number of alkyl halides is 2. The first kappa shape index (κ1) is 27.3. The number of hydrogen-bond acceptors (Lipinski definition) is 10. The van der Waals surface area contributed by atoms with E-state index in [-0.39, 0.29) is 23.2 Å². The van der Waals surface area contributed by atoms with E-state index in [1.54, 1.807) is 0 Å². The van der Waals surface area contributed by atoms with Gasteiger partial charge in [0.15, 0.2) is 5.82 Å². The van der Waals surface area contributed by atoms with E-state index >= 15 is 0 Å². The third-order valence-electron chi connectivity index (χ3n) is 7.67. The topological polar surface area (TPSA) is 143 Å². The highest BCUT2D eigenvalue weighted by atomic mass is 19.3. The van der Waals surface area contributed by atoms with E-state index in [9.17, 15) is 13.6 Å². The van der Waals surface area contributed by atoms with E-state index in [2.05, 4.69) is 30.2 Å². The summed E-state index contributed by atoms with van der Waals surface area (Å²) in [6, 6.07) is 0. The number of nitrogens with zero attached hydrogens (tertiary/aromatic N) is 8. The van der Waals surface area contributed by atoms with E-state index in [1.807, 2.05) is 14.7 Å². The van der Waals surface area contributed by atoms with Gasteiger partial charge in [0.1, 0.15) is 5.69 Å². The smallest absolute Gasteiger partial charge is 0.281 e. The fourth-order valence-electron chi connectivity index (χ4n) is 5.41. The molecule has 0 saturated carbocycles. The Morgan fingerprint density at radius 1 is 1.00 bits per heavy atom. The fourth-order valence-corrected chi connectivity index (χ4v) is 5.41. The first-order valence-corrected chi connectivity index (χ1v) is 13.8. The zero-order valence-corrected chi connectivity index (χ0v) is 22.1.